The summed E-state index contributed by atoms with van der Waals surface area (Å²) in [5.41, 5.74) is 2.48. The van der Waals surface area contributed by atoms with Crippen molar-refractivity contribution in [3.8, 4) is 5.75 Å². The van der Waals surface area contributed by atoms with E-state index in [-0.39, 0.29) is 12.0 Å². The first-order chi connectivity index (χ1) is 13.1. The molecule has 5 heteroatoms. The molecule has 0 spiro atoms. The van der Waals surface area contributed by atoms with Crippen LogP contribution < -0.4 is 4.74 Å². The molecule has 2 fully saturated rings. The lowest BCUT2D eigenvalue weighted by Gasteiger charge is -2.28. The molecule has 27 heavy (non-hydrogen) atoms. The fraction of sp³-hybridized carbons (Fsp3) is 0.682. The van der Waals surface area contributed by atoms with Gasteiger partial charge in [-0.25, -0.2) is 0 Å². The molecule has 1 unspecified atom stereocenters. The van der Waals surface area contributed by atoms with Crippen LogP contribution in [0.2, 0.25) is 0 Å². The first-order valence-electron chi connectivity index (χ1n) is 10.4. The van der Waals surface area contributed by atoms with Gasteiger partial charge in [-0.1, -0.05) is 19.1 Å². The Morgan fingerprint density at radius 2 is 2.07 bits per heavy atom. The number of fused-ring (bicyclic) bond motifs is 1. The summed E-state index contributed by atoms with van der Waals surface area (Å²) in [6.07, 6.45) is 5.61. The number of ether oxygens (including phenoxy) is 3. The van der Waals surface area contributed by atoms with Crippen molar-refractivity contribution in [2.24, 2.45) is 5.92 Å². The van der Waals surface area contributed by atoms with E-state index in [1.807, 2.05) is 6.92 Å². The van der Waals surface area contributed by atoms with Crippen molar-refractivity contribution in [1.82, 2.24) is 4.90 Å². The van der Waals surface area contributed by atoms with Crippen LogP contribution in [-0.2, 0) is 20.7 Å². The maximum Gasteiger partial charge on any atom is 0.226 e. The number of nitrogens with zero attached hydrogens (tertiary/aromatic N) is 1. The van der Waals surface area contributed by atoms with Gasteiger partial charge in [0.25, 0.3) is 0 Å². The van der Waals surface area contributed by atoms with Crippen LogP contribution in [-0.4, -0.2) is 43.0 Å². The van der Waals surface area contributed by atoms with Gasteiger partial charge in [-0.2, -0.15) is 0 Å². The van der Waals surface area contributed by atoms with E-state index in [1.54, 1.807) is 0 Å². The van der Waals surface area contributed by atoms with Gasteiger partial charge in [0.05, 0.1) is 25.9 Å². The maximum atomic E-state index is 13.1. The first-order valence-corrected chi connectivity index (χ1v) is 10.4. The van der Waals surface area contributed by atoms with Gasteiger partial charge in [0, 0.05) is 25.3 Å². The molecule has 2 saturated heterocycles. The minimum Gasteiger partial charge on any atom is -0.493 e. The van der Waals surface area contributed by atoms with Crippen molar-refractivity contribution in [1.29, 1.82) is 0 Å². The number of hydrogen-bond acceptors (Lipinski definition) is 4. The Hall–Kier alpha value is -1.59. The highest BCUT2D eigenvalue weighted by Crippen LogP contribution is 2.37. The van der Waals surface area contributed by atoms with Crippen LogP contribution in [0, 0.1) is 5.92 Å². The zero-order valence-electron chi connectivity index (χ0n) is 16.5. The van der Waals surface area contributed by atoms with E-state index >= 15 is 0 Å². The Kier molecular flexibility index (Phi) is 5.42. The first kappa shape index (κ1) is 18.8. The van der Waals surface area contributed by atoms with Crippen LogP contribution in [0.5, 0.6) is 5.75 Å². The van der Waals surface area contributed by atoms with Crippen LogP contribution in [0.1, 0.15) is 63.1 Å². The van der Waals surface area contributed by atoms with E-state index in [4.69, 9.17) is 14.2 Å². The van der Waals surface area contributed by atoms with Gasteiger partial charge in [-0.3, -0.25) is 4.79 Å². The molecule has 148 valence electrons. The SMILES string of the molecule is CC[C@@H](c1ccc2c(c1)OCC2)N1CCC(CCCC2(C)OCCO2)C1=O. The second kappa shape index (κ2) is 7.80. The summed E-state index contributed by atoms with van der Waals surface area (Å²) < 4.78 is 17.1. The maximum absolute atomic E-state index is 13.1. The van der Waals surface area contributed by atoms with Crippen LogP contribution in [0.4, 0.5) is 0 Å². The van der Waals surface area contributed by atoms with Gasteiger partial charge in [0.2, 0.25) is 5.91 Å². The van der Waals surface area contributed by atoms with Crippen LogP contribution >= 0.6 is 0 Å². The minimum atomic E-state index is -0.447. The Balaban J connectivity index is 1.36. The van der Waals surface area contributed by atoms with Crippen molar-refractivity contribution in [3.63, 3.8) is 0 Å². The van der Waals surface area contributed by atoms with Gasteiger partial charge in [0.1, 0.15) is 5.75 Å². The molecule has 0 saturated carbocycles. The number of benzene rings is 1. The highest BCUT2D eigenvalue weighted by atomic mass is 16.7. The molecule has 0 aliphatic carbocycles. The van der Waals surface area contributed by atoms with E-state index in [9.17, 15) is 4.79 Å². The normalized spacial score (nSPS) is 24.9. The predicted molar refractivity (Wildman–Crippen MR) is 103 cm³/mol. The van der Waals surface area contributed by atoms with Crippen LogP contribution in [0.3, 0.4) is 0 Å². The number of likely N-dealkylation sites (tertiary alicyclic amines) is 1. The molecule has 0 radical (unpaired) electrons. The molecule has 1 amide bonds. The van der Waals surface area contributed by atoms with E-state index in [1.165, 1.54) is 11.1 Å². The Morgan fingerprint density at radius 3 is 2.85 bits per heavy atom. The molecule has 2 atom stereocenters. The molecule has 3 aliphatic rings. The number of amides is 1. The molecular formula is C22H31NO4. The summed E-state index contributed by atoms with van der Waals surface area (Å²) in [5.74, 6) is 0.993. The Labute approximate surface area is 162 Å². The smallest absolute Gasteiger partial charge is 0.226 e. The lowest BCUT2D eigenvalue weighted by atomic mass is 9.97. The Bertz CT molecular complexity index is 683. The highest BCUT2D eigenvalue weighted by Gasteiger charge is 2.37. The third-order valence-corrected chi connectivity index (χ3v) is 6.30. The third-order valence-electron chi connectivity index (χ3n) is 6.30. The monoisotopic (exact) mass is 373 g/mol. The Morgan fingerprint density at radius 1 is 1.26 bits per heavy atom. The van der Waals surface area contributed by atoms with Gasteiger partial charge in [-0.15, -0.1) is 0 Å². The number of rotatable bonds is 7. The van der Waals surface area contributed by atoms with Crippen molar-refractivity contribution in [2.45, 2.75) is 64.2 Å². The van der Waals surface area contributed by atoms with Crippen molar-refractivity contribution in [2.75, 3.05) is 26.4 Å². The summed E-state index contributed by atoms with van der Waals surface area (Å²) in [7, 11) is 0. The quantitative estimate of drug-likeness (QED) is 0.728. The van der Waals surface area contributed by atoms with Gasteiger partial charge < -0.3 is 19.1 Å². The topological polar surface area (TPSA) is 48.0 Å². The van der Waals surface area contributed by atoms with Gasteiger partial charge >= 0.3 is 0 Å². The van der Waals surface area contributed by atoms with Crippen molar-refractivity contribution < 1.29 is 19.0 Å². The van der Waals surface area contributed by atoms with Crippen molar-refractivity contribution >= 4 is 5.91 Å². The zero-order chi connectivity index (χ0) is 18.9. The molecule has 0 aromatic heterocycles. The second-order valence-corrected chi connectivity index (χ2v) is 8.13. The summed E-state index contributed by atoms with van der Waals surface area (Å²) in [6, 6.07) is 6.64. The summed E-state index contributed by atoms with van der Waals surface area (Å²) >= 11 is 0. The molecule has 0 N–H and O–H groups in total. The predicted octanol–water partition coefficient (Wildman–Crippen LogP) is 3.85. The molecule has 0 bridgehead atoms. The highest BCUT2D eigenvalue weighted by molar-refractivity contribution is 5.81. The summed E-state index contributed by atoms with van der Waals surface area (Å²) in [4.78, 5) is 15.1. The fourth-order valence-corrected chi connectivity index (χ4v) is 4.74. The van der Waals surface area contributed by atoms with Gasteiger partial charge in [-0.05, 0) is 49.8 Å². The number of carbonyl (C=O) groups excluding carboxylic acids is 1. The second-order valence-electron chi connectivity index (χ2n) is 8.13. The van der Waals surface area contributed by atoms with Crippen LogP contribution in [0.25, 0.3) is 0 Å². The molecule has 1 aromatic carbocycles. The lowest BCUT2D eigenvalue weighted by Crippen LogP contribution is -2.32. The average Bonchev–Trinajstić information content (AvgIpc) is 3.38. The minimum absolute atomic E-state index is 0.134. The summed E-state index contributed by atoms with van der Waals surface area (Å²) in [5, 5.41) is 0. The third kappa shape index (κ3) is 3.85. The fourth-order valence-electron chi connectivity index (χ4n) is 4.74. The van der Waals surface area contributed by atoms with E-state index in [0.29, 0.717) is 19.1 Å². The lowest BCUT2D eigenvalue weighted by molar-refractivity contribution is -0.148. The molecule has 4 rings (SSSR count). The molecular weight excluding hydrogens is 342 g/mol. The summed E-state index contributed by atoms with van der Waals surface area (Å²) in [6.45, 7) is 7.14. The molecule has 5 nitrogen and oxygen atoms in total. The van der Waals surface area contributed by atoms with Gasteiger partial charge in [0.15, 0.2) is 5.79 Å². The molecule has 1 aromatic rings. The molecule has 3 aliphatic heterocycles. The van der Waals surface area contributed by atoms with E-state index in [2.05, 4.69) is 30.0 Å². The number of carbonyl (C=O) groups is 1. The van der Waals surface area contributed by atoms with Crippen molar-refractivity contribution in [3.05, 3.63) is 29.3 Å². The largest absolute Gasteiger partial charge is 0.493 e. The average molecular weight is 373 g/mol. The standard InChI is InChI=1S/C22H31NO4/c1-3-19(18-7-6-16-9-12-25-20(16)15-18)23-11-8-17(21(23)24)5-4-10-22(2)26-13-14-27-22/h6-7,15,17,19H,3-5,8-14H2,1-2H3/t17?,19-/m0/s1. The number of hydrogen-bond donors (Lipinski definition) is 0. The molecule has 3 heterocycles. The van der Waals surface area contributed by atoms with E-state index < -0.39 is 5.79 Å². The zero-order valence-corrected chi connectivity index (χ0v) is 16.5. The van der Waals surface area contributed by atoms with Crippen LogP contribution in [0.15, 0.2) is 18.2 Å². The van der Waals surface area contributed by atoms with E-state index in [0.717, 1.165) is 57.4 Å².